The lowest BCUT2D eigenvalue weighted by atomic mass is 10.1. The van der Waals surface area contributed by atoms with Crippen molar-refractivity contribution < 1.29 is 9.15 Å². The van der Waals surface area contributed by atoms with Crippen LogP contribution < -0.4 is 16.0 Å². The Bertz CT molecular complexity index is 1700. The second-order valence-corrected chi connectivity index (χ2v) is 8.85. The van der Waals surface area contributed by atoms with Crippen molar-refractivity contribution in [3.05, 3.63) is 104 Å². The molecular weight excluding hydrogens is 430 g/mol. The summed E-state index contributed by atoms with van der Waals surface area (Å²) in [5.41, 5.74) is 5.09. The molecule has 0 saturated carbocycles. The summed E-state index contributed by atoms with van der Waals surface area (Å²) in [5.74, 6) is 1.27. The zero-order valence-electron chi connectivity index (χ0n) is 19.3. The minimum atomic E-state index is -0.635. The second kappa shape index (κ2) is 7.12. The zero-order chi connectivity index (χ0) is 23.7. The molecule has 0 fully saturated rings. The van der Waals surface area contributed by atoms with Gasteiger partial charge in [0.25, 0.3) is 5.56 Å². The Hall–Kier alpha value is -4.26. The third kappa shape index (κ3) is 2.70. The van der Waals surface area contributed by atoms with Crippen LogP contribution in [0.1, 0.15) is 28.7 Å². The predicted octanol–water partition coefficient (Wildman–Crippen LogP) is 4.39. The number of aryl methyl sites for hydroxylation is 3. The molecule has 1 atom stereocenters. The van der Waals surface area contributed by atoms with Crippen LogP contribution in [0.3, 0.4) is 0 Å². The number of aromatic nitrogens is 3. The average molecular weight is 453 g/mol. The molecule has 34 heavy (non-hydrogen) atoms. The lowest BCUT2D eigenvalue weighted by Crippen LogP contribution is -2.37. The summed E-state index contributed by atoms with van der Waals surface area (Å²) < 4.78 is 17.0. The quantitative estimate of drug-likeness (QED) is 0.398. The lowest BCUT2D eigenvalue weighted by Gasteiger charge is -2.29. The molecule has 4 heterocycles. The molecule has 5 aromatic rings. The van der Waals surface area contributed by atoms with Crippen LogP contribution >= 0.6 is 0 Å². The highest BCUT2D eigenvalue weighted by Gasteiger charge is 2.37. The van der Waals surface area contributed by atoms with Gasteiger partial charge in [-0.05, 0) is 49.2 Å². The highest BCUT2D eigenvalue weighted by molar-refractivity contribution is 5.98. The van der Waals surface area contributed by atoms with Crippen LogP contribution in [-0.4, -0.2) is 13.7 Å². The van der Waals surface area contributed by atoms with E-state index in [2.05, 4.69) is 4.57 Å². The maximum Gasteiger partial charge on any atom is 0.331 e. The van der Waals surface area contributed by atoms with Crippen LogP contribution in [0.5, 0.6) is 5.75 Å². The summed E-state index contributed by atoms with van der Waals surface area (Å²) in [5, 5.41) is 0.470. The minimum absolute atomic E-state index is 0.344. The molecule has 0 spiro atoms. The summed E-state index contributed by atoms with van der Waals surface area (Å²) in [6.45, 7) is 4.04. The fraction of sp³-hybridized carbons (Fsp3) is 0.185. The monoisotopic (exact) mass is 453 g/mol. The molecule has 2 aromatic carbocycles. The van der Waals surface area contributed by atoms with Crippen LogP contribution in [0.15, 0.2) is 74.9 Å². The van der Waals surface area contributed by atoms with E-state index in [9.17, 15) is 9.59 Å². The van der Waals surface area contributed by atoms with Gasteiger partial charge in [0.05, 0.1) is 34.2 Å². The Kier molecular flexibility index (Phi) is 4.26. The molecule has 0 bridgehead atoms. The summed E-state index contributed by atoms with van der Waals surface area (Å²) in [7, 11) is 3.20. The largest absolute Gasteiger partial charge is 0.474 e. The number of hydrogen-bond acceptors (Lipinski definition) is 4. The Morgan fingerprint density at radius 1 is 0.882 bits per heavy atom. The molecule has 7 nitrogen and oxygen atoms in total. The van der Waals surface area contributed by atoms with Gasteiger partial charge in [0.2, 0.25) is 0 Å². The first-order valence-corrected chi connectivity index (χ1v) is 11.1. The second-order valence-electron chi connectivity index (χ2n) is 8.85. The van der Waals surface area contributed by atoms with E-state index in [0.717, 1.165) is 32.6 Å². The zero-order valence-corrected chi connectivity index (χ0v) is 19.3. The van der Waals surface area contributed by atoms with Crippen LogP contribution in [0, 0.1) is 13.8 Å². The SMILES string of the molecule is Cc1ccc(-c2c3c(=O)n(C)c(=O)n(C)c3c3n2-c2cc(C)ccc2O[C@@H]3c2ccco2)cc1. The highest BCUT2D eigenvalue weighted by Crippen LogP contribution is 2.46. The molecule has 1 aliphatic heterocycles. The molecule has 3 aromatic heterocycles. The molecule has 170 valence electrons. The Morgan fingerprint density at radius 3 is 2.32 bits per heavy atom. The molecule has 0 unspecified atom stereocenters. The van der Waals surface area contributed by atoms with Crippen molar-refractivity contribution in [3.8, 4) is 22.7 Å². The fourth-order valence-electron chi connectivity index (χ4n) is 4.89. The van der Waals surface area contributed by atoms with Crippen LogP contribution in [0.4, 0.5) is 0 Å². The number of rotatable bonds is 2. The molecule has 1 aliphatic rings. The summed E-state index contributed by atoms with van der Waals surface area (Å²) in [4.78, 5) is 26.6. The summed E-state index contributed by atoms with van der Waals surface area (Å²) in [6, 6.07) is 17.7. The topological polar surface area (TPSA) is 71.3 Å². The summed E-state index contributed by atoms with van der Waals surface area (Å²) >= 11 is 0. The Labute approximate surface area is 195 Å². The molecule has 0 N–H and O–H groups in total. The minimum Gasteiger partial charge on any atom is -0.474 e. The van der Waals surface area contributed by atoms with Crippen molar-refractivity contribution in [1.82, 2.24) is 13.7 Å². The van der Waals surface area contributed by atoms with Gasteiger partial charge in [0.1, 0.15) is 5.75 Å². The van der Waals surface area contributed by atoms with Gasteiger partial charge >= 0.3 is 5.69 Å². The normalized spacial score (nSPS) is 14.6. The van der Waals surface area contributed by atoms with Crippen LogP contribution in [-0.2, 0) is 14.1 Å². The van der Waals surface area contributed by atoms with Gasteiger partial charge in [-0.2, -0.15) is 0 Å². The van der Waals surface area contributed by atoms with E-state index in [1.807, 2.05) is 62.4 Å². The van der Waals surface area contributed by atoms with Gasteiger partial charge in [-0.25, -0.2) is 4.79 Å². The van der Waals surface area contributed by atoms with E-state index in [1.165, 1.54) is 11.6 Å². The maximum atomic E-state index is 13.6. The van der Waals surface area contributed by atoms with Crippen molar-refractivity contribution in [2.45, 2.75) is 20.0 Å². The number of fused-ring (bicyclic) bond motifs is 5. The van der Waals surface area contributed by atoms with Crippen LogP contribution in [0.25, 0.3) is 27.8 Å². The van der Waals surface area contributed by atoms with E-state index < -0.39 is 11.8 Å². The van der Waals surface area contributed by atoms with E-state index in [4.69, 9.17) is 9.15 Å². The van der Waals surface area contributed by atoms with E-state index in [1.54, 1.807) is 19.4 Å². The van der Waals surface area contributed by atoms with Gasteiger partial charge in [0, 0.05) is 14.1 Å². The van der Waals surface area contributed by atoms with Gasteiger partial charge in [-0.15, -0.1) is 0 Å². The third-order valence-corrected chi connectivity index (χ3v) is 6.58. The van der Waals surface area contributed by atoms with Gasteiger partial charge in [-0.3, -0.25) is 13.9 Å². The molecule has 0 radical (unpaired) electrons. The third-order valence-electron chi connectivity index (χ3n) is 6.58. The Balaban J connectivity index is 1.89. The number of furan rings is 1. The van der Waals surface area contributed by atoms with Crippen molar-refractivity contribution in [2.24, 2.45) is 14.1 Å². The first-order valence-electron chi connectivity index (χ1n) is 11.1. The average Bonchev–Trinajstić information content (AvgIpc) is 3.48. The lowest BCUT2D eigenvalue weighted by molar-refractivity contribution is 0.199. The molecule has 6 rings (SSSR count). The smallest absolute Gasteiger partial charge is 0.331 e. The number of benzene rings is 2. The standard InChI is InChI=1S/C27H23N3O4/c1-15-7-10-17(11-8-15)22-21-23(28(3)27(32)29(4)26(21)31)24-25(20-6-5-13-33-20)34-19-12-9-16(2)14-18(19)30(22)24/h5-14,25H,1-4H3/t25-/m1/s1. The summed E-state index contributed by atoms with van der Waals surface area (Å²) in [6.07, 6.45) is 0.960. The van der Waals surface area contributed by atoms with Crippen molar-refractivity contribution in [3.63, 3.8) is 0 Å². The highest BCUT2D eigenvalue weighted by atomic mass is 16.5. The van der Waals surface area contributed by atoms with Crippen molar-refractivity contribution >= 4 is 10.9 Å². The molecule has 0 aliphatic carbocycles. The fourth-order valence-corrected chi connectivity index (χ4v) is 4.89. The first-order chi connectivity index (χ1) is 16.4. The molecule has 0 amide bonds. The first kappa shape index (κ1) is 20.4. The Morgan fingerprint density at radius 2 is 1.62 bits per heavy atom. The predicted molar refractivity (Wildman–Crippen MR) is 130 cm³/mol. The molecular formula is C27H23N3O4. The van der Waals surface area contributed by atoms with E-state index in [-0.39, 0.29) is 5.56 Å². The number of ether oxygens (including phenoxy) is 1. The molecule has 7 heteroatoms. The number of nitrogens with zero attached hydrogens (tertiary/aromatic N) is 3. The van der Waals surface area contributed by atoms with E-state index in [0.29, 0.717) is 28.1 Å². The van der Waals surface area contributed by atoms with Gasteiger partial charge in [-0.1, -0.05) is 35.9 Å². The van der Waals surface area contributed by atoms with Gasteiger partial charge < -0.3 is 13.7 Å². The van der Waals surface area contributed by atoms with E-state index >= 15 is 0 Å². The van der Waals surface area contributed by atoms with Gasteiger partial charge in [0.15, 0.2) is 11.9 Å². The van der Waals surface area contributed by atoms with Crippen LogP contribution in [0.2, 0.25) is 0 Å². The molecule has 0 saturated heterocycles. The van der Waals surface area contributed by atoms with Crippen molar-refractivity contribution in [1.29, 1.82) is 0 Å². The van der Waals surface area contributed by atoms with Crippen molar-refractivity contribution in [2.75, 3.05) is 0 Å². The maximum absolute atomic E-state index is 13.6. The number of hydrogen-bond donors (Lipinski definition) is 0.